The zero-order valence-electron chi connectivity index (χ0n) is 19.4. The number of methoxy groups -OCH3 is 1. The lowest BCUT2D eigenvalue weighted by Gasteiger charge is -2.51. The first-order chi connectivity index (χ1) is 15.1. The van der Waals surface area contributed by atoms with E-state index < -0.39 is 6.48 Å². The minimum Gasteiger partial charge on any atom is -0.507 e. The van der Waals surface area contributed by atoms with Crippen molar-refractivity contribution >= 4 is 10.8 Å². The molecule has 32 heavy (non-hydrogen) atoms. The third kappa shape index (κ3) is 2.65. The summed E-state index contributed by atoms with van der Waals surface area (Å²) in [6, 6.07) is 14.7. The van der Waals surface area contributed by atoms with Crippen molar-refractivity contribution in [3.05, 3.63) is 53.6 Å². The average molecular weight is 431 g/mol. The van der Waals surface area contributed by atoms with Gasteiger partial charge in [-0.2, -0.15) is 0 Å². The molecule has 4 heteroatoms. The van der Waals surface area contributed by atoms with E-state index in [0.717, 1.165) is 23.6 Å². The highest BCUT2D eigenvalue weighted by Gasteiger charge is 2.53. The fourth-order valence-electron chi connectivity index (χ4n) is 7.35. The van der Waals surface area contributed by atoms with Gasteiger partial charge in [0.2, 0.25) is 0 Å². The first-order valence-corrected chi connectivity index (χ1v) is 11.4. The molecule has 0 saturated heterocycles. The van der Waals surface area contributed by atoms with Crippen LogP contribution in [0.4, 0.5) is 0 Å². The lowest BCUT2D eigenvalue weighted by Crippen LogP contribution is -2.43. The largest absolute Gasteiger partial charge is 0.507 e. The molecule has 1 heterocycles. The average Bonchev–Trinajstić information content (AvgIpc) is 3.22. The maximum Gasteiger partial charge on any atom is 0.360 e. The predicted octanol–water partition coefficient (Wildman–Crippen LogP) is 6.75. The summed E-state index contributed by atoms with van der Waals surface area (Å²) in [5.41, 5.74) is 5.39. The van der Waals surface area contributed by atoms with Crippen molar-refractivity contribution in [3.63, 3.8) is 0 Å². The second-order valence-electron chi connectivity index (χ2n) is 11.4. The highest BCUT2D eigenvalue weighted by Crippen LogP contribution is 2.65. The summed E-state index contributed by atoms with van der Waals surface area (Å²) in [7, 11) is 1.55. The second kappa shape index (κ2) is 6.20. The molecular formula is C28H30O4. The smallest absolute Gasteiger partial charge is 0.360 e. The van der Waals surface area contributed by atoms with Gasteiger partial charge in [-0.25, -0.2) is 0 Å². The third-order valence-corrected chi connectivity index (χ3v) is 7.56. The number of benzene rings is 3. The van der Waals surface area contributed by atoms with Gasteiger partial charge in [0.05, 0.1) is 0 Å². The van der Waals surface area contributed by atoms with Crippen LogP contribution in [0.2, 0.25) is 0 Å². The summed E-state index contributed by atoms with van der Waals surface area (Å²) >= 11 is 0. The summed E-state index contributed by atoms with van der Waals surface area (Å²) in [4.78, 5) is 0. The van der Waals surface area contributed by atoms with Crippen LogP contribution in [-0.2, 0) is 10.2 Å². The number of phenolic OH excluding ortho intramolecular Hbond substituents is 1. The Bertz CT molecular complexity index is 1250. The molecular weight excluding hydrogens is 400 g/mol. The molecule has 2 aliphatic carbocycles. The molecule has 1 aliphatic heterocycles. The Morgan fingerprint density at radius 3 is 2.12 bits per heavy atom. The van der Waals surface area contributed by atoms with Gasteiger partial charge >= 0.3 is 6.48 Å². The quantitative estimate of drug-likeness (QED) is 0.464. The molecule has 4 nitrogen and oxygen atoms in total. The molecule has 166 valence electrons. The van der Waals surface area contributed by atoms with E-state index in [1.165, 1.54) is 28.7 Å². The Labute approximate surface area is 189 Å². The van der Waals surface area contributed by atoms with E-state index in [0.29, 0.717) is 17.2 Å². The van der Waals surface area contributed by atoms with Gasteiger partial charge in [0.15, 0.2) is 11.5 Å². The van der Waals surface area contributed by atoms with Crippen molar-refractivity contribution in [2.45, 2.75) is 58.8 Å². The van der Waals surface area contributed by atoms with Gasteiger partial charge in [0.25, 0.3) is 0 Å². The van der Waals surface area contributed by atoms with E-state index in [9.17, 15) is 5.11 Å². The second-order valence-corrected chi connectivity index (χ2v) is 11.4. The fraction of sp³-hybridized carbons (Fsp3) is 0.429. The predicted molar refractivity (Wildman–Crippen MR) is 125 cm³/mol. The van der Waals surface area contributed by atoms with Crippen molar-refractivity contribution in [2.24, 2.45) is 10.8 Å². The van der Waals surface area contributed by atoms with Crippen molar-refractivity contribution in [1.29, 1.82) is 0 Å². The van der Waals surface area contributed by atoms with Crippen LogP contribution >= 0.6 is 0 Å². The van der Waals surface area contributed by atoms with Crippen LogP contribution in [0, 0.1) is 10.8 Å². The molecule has 0 aromatic heterocycles. The SMILES string of the molecule is COC1Oc2cc3c(O)cc4c(c3cc2O1)-c1ccccc1C41CC(C)(C)CC(C)(C)C1. The molecule has 3 aromatic rings. The van der Waals surface area contributed by atoms with Crippen LogP contribution in [0.25, 0.3) is 21.9 Å². The van der Waals surface area contributed by atoms with Crippen LogP contribution in [0.15, 0.2) is 42.5 Å². The normalized spacial score (nSPS) is 23.3. The zero-order chi connectivity index (χ0) is 22.5. The number of hydrogen-bond donors (Lipinski definition) is 1. The number of aromatic hydroxyl groups is 1. The Kier molecular flexibility index (Phi) is 3.86. The van der Waals surface area contributed by atoms with Crippen LogP contribution < -0.4 is 9.47 Å². The van der Waals surface area contributed by atoms with Gasteiger partial charge in [0, 0.05) is 17.9 Å². The van der Waals surface area contributed by atoms with Crippen molar-refractivity contribution < 1.29 is 19.3 Å². The molecule has 0 amide bonds. The minimum atomic E-state index is -0.754. The standard InChI is InChI=1S/C28H30O4/c1-26(2)13-27(3,4)15-28(14-26)19-9-7-6-8-16(19)24-18-11-23-22(31-25(30-5)32-23)10-17(18)21(29)12-20(24)28/h6-12,25,29H,13-15H2,1-5H3. The molecule has 1 N–H and O–H groups in total. The number of ether oxygens (including phenoxy) is 3. The highest BCUT2D eigenvalue weighted by atomic mass is 16.9. The number of hydrogen-bond acceptors (Lipinski definition) is 4. The minimum absolute atomic E-state index is 0.117. The van der Waals surface area contributed by atoms with Crippen LogP contribution in [0.5, 0.6) is 17.2 Å². The monoisotopic (exact) mass is 430 g/mol. The maximum absolute atomic E-state index is 11.2. The van der Waals surface area contributed by atoms with E-state index >= 15 is 0 Å². The molecule has 1 saturated carbocycles. The van der Waals surface area contributed by atoms with Crippen LogP contribution in [0.1, 0.15) is 58.1 Å². The summed E-state index contributed by atoms with van der Waals surface area (Å²) in [6.45, 7) is 8.80. The summed E-state index contributed by atoms with van der Waals surface area (Å²) in [5.74, 6) is 1.54. The Hall–Kier alpha value is -2.72. The molecule has 1 fully saturated rings. The molecule has 1 spiro atoms. The topological polar surface area (TPSA) is 47.9 Å². The lowest BCUT2D eigenvalue weighted by atomic mass is 9.52. The Balaban J connectivity index is 1.68. The number of fused-ring (bicyclic) bond motifs is 8. The Morgan fingerprint density at radius 2 is 1.47 bits per heavy atom. The van der Waals surface area contributed by atoms with Gasteiger partial charge in [-0.05, 0) is 75.9 Å². The fourth-order valence-corrected chi connectivity index (χ4v) is 7.35. The van der Waals surface area contributed by atoms with Gasteiger partial charge in [-0.1, -0.05) is 52.0 Å². The summed E-state index contributed by atoms with van der Waals surface area (Å²) in [6.07, 6.45) is 3.32. The molecule has 0 bridgehead atoms. The van der Waals surface area contributed by atoms with E-state index in [-0.39, 0.29) is 16.2 Å². The summed E-state index contributed by atoms with van der Waals surface area (Å²) in [5, 5.41) is 13.0. The van der Waals surface area contributed by atoms with Crippen LogP contribution in [0.3, 0.4) is 0 Å². The van der Waals surface area contributed by atoms with E-state index in [2.05, 4.69) is 52.0 Å². The van der Waals surface area contributed by atoms with Gasteiger partial charge in [-0.15, -0.1) is 0 Å². The lowest BCUT2D eigenvalue weighted by molar-refractivity contribution is -0.157. The third-order valence-electron chi connectivity index (χ3n) is 7.56. The number of phenols is 1. The van der Waals surface area contributed by atoms with Crippen LogP contribution in [-0.4, -0.2) is 18.7 Å². The number of rotatable bonds is 1. The van der Waals surface area contributed by atoms with Crippen molar-refractivity contribution in [3.8, 4) is 28.4 Å². The van der Waals surface area contributed by atoms with Crippen molar-refractivity contribution in [1.82, 2.24) is 0 Å². The summed E-state index contributed by atoms with van der Waals surface area (Å²) < 4.78 is 16.8. The first kappa shape index (κ1) is 19.9. The molecule has 1 atom stereocenters. The van der Waals surface area contributed by atoms with E-state index in [4.69, 9.17) is 14.2 Å². The van der Waals surface area contributed by atoms with Gasteiger partial charge in [0.1, 0.15) is 5.75 Å². The van der Waals surface area contributed by atoms with Gasteiger partial charge in [-0.3, -0.25) is 0 Å². The van der Waals surface area contributed by atoms with Crippen molar-refractivity contribution in [2.75, 3.05) is 7.11 Å². The molecule has 6 rings (SSSR count). The molecule has 3 aliphatic rings. The molecule has 3 aromatic carbocycles. The van der Waals surface area contributed by atoms with Gasteiger partial charge < -0.3 is 19.3 Å². The maximum atomic E-state index is 11.2. The highest BCUT2D eigenvalue weighted by molar-refractivity contribution is 6.06. The van der Waals surface area contributed by atoms with E-state index in [1.54, 1.807) is 7.11 Å². The zero-order valence-corrected chi connectivity index (χ0v) is 19.4. The van der Waals surface area contributed by atoms with E-state index in [1.807, 2.05) is 18.2 Å². The first-order valence-electron chi connectivity index (χ1n) is 11.4. The molecule has 0 radical (unpaired) electrons. The Morgan fingerprint density at radius 1 is 0.844 bits per heavy atom. The molecule has 1 unspecified atom stereocenters.